The summed E-state index contributed by atoms with van der Waals surface area (Å²) >= 11 is 0. The molecule has 0 saturated carbocycles. The van der Waals surface area contributed by atoms with Crippen LogP contribution in [0.4, 0.5) is 0 Å². The van der Waals surface area contributed by atoms with Gasteiger partial charge in [0.05, 0.1) is 0 Å². The number of hydrogen-bond donors (Lipinski definition) is 0. The molecule has 0 amide bonds. The number of Topliss-reactive ketones (excluding diaryl/α,β-unsaturated/α-hetero) is 1. The topological polar surface area (TPSA) is 17.1 Å². The van der Waals surface area contributed by atoms with Gasteiger partial charge < -0.3 is 0 Å². The predicted molar refractivity (Wildman–Crippen MR) is 64.7 cm³/mol. The molecule has 0 bridgehead atoms. The Morgan fingerprint density at radius 1 is 1.33 bits per heavy atom. The van der Waals surface area contributed by atoms with E-state index >= 15 is 0 Å². The Labute approximate surface area is 93.3 Å². The van der Waals surface area contributed by atoms with Crippen LogP contribution in [-0.2, 0) is 4.79 Å². The molecule has 84 valence electrons. The molecule has 2 atom stereocenters. The van der Waals surface area contributed by atoms with E-state index in [1.807, 2.05) is 6.92 Å². The molecule has 0 aromatic heterocycles. The minimum Gasteiger partial charge on any atom is -0.299 e. The van der Waals surface area contributed by atoms with Gasteiger partial charge in [-0.3, -0.25) is 4.79 Å². The fraction of sp³-hybridized carbons (Fsp3) is 0.643. The monoisotopic (exact) mass is 206 g/mol. The number of allylic oxidation sites excluding steroid dienone is 4. The summed E-state index contributed by atoms with van der Waals surface area (Å²) in [6, 6.07) is 0. The zero-order valence-corrected chi connectivity index (χ0v) is 10.1. The number of rotatable bonds is 5. The van der Waals surface area contributed by atoms with Crippen LogP contribution in [0.2, 0.25) is 0 Å². The highest BCUT2D eigenvalue weighted by atomic mass is 16.1. The fourth-order valence-corrected chi connectivity index (χ4v) is 1.96. The van der Waals surface area contributed by atoms with Gasteiger partial charge in [0.2, 0.25) is 0 Å². The molecule has 15 heavy (non-hydrogen) atoms. The van der Waals surface area contributed by atoms with Crippen molar-refractivity contribution >= 4 is 5.78 Å². The Morgan fingerprint density at radius 3 is 2.60 bits per heavy atom. The molecule has 1 heteroatoms. The zero-order chi connectivity index (χ0) is 11.3. The normalized spacial score (nSPS) is 19.5. The van der Waals surface area contributed by atoms with Crippen molar-refractivity contribution < 1.29 is 4.79 Å². The second-order valence-corrected chi connectivity index (χ2v) is 4.58. The van der Waals surface area contributed by atoms with E-state index in [4.69, 9.17) is 0 Å². The Bertz CT molecular complexity index is 273. The molecule has 0 spiro atoms. The smallest absolute Gasteiger partial charge is 0.138 e. The van der Waals surface area contributed by atoms with Gasteiger partial charge in [-0.2, -0.15) is 0 Å². The van der Waals surface area contributed by atoms with Crippen molar-refractivity contribution in [1.82, 2.24) is 0 Å². The van der Waals surface area contributed by atoms with Gasteiger partial charge in [0.15, 0.2) is 0 Å². The lowest BCUT2D eigenvalue weighted by molar-refractivity contribution is -0.125. The van der Waals surface area contributed by atoms with Crippen LogP contribution in [0.5, 0.6) is 0 Å². The fourth-order valence-electron chi connectivity index (χ4n) is 1.96. The molecule has 1 nitrogen and oxygen atoms in total. The molecule has 0 aromatic rings. The lowest BCUT2D eigenvalue weighted by atomic mass is 9.88. The first kappa shape index (κ1) is 12.2. The molecule has 0 fully saturated rings. The molecule has 1 aliphatic rings. The Hall–Kier alpha value is -0.850. The van der Waals surface area contributed by atoms with Gasteiger partial charge in [-0.25, -0.2) is 0 Å². The summed E-state index contributed by atoms with van der Waals surface area (Å²) in [5, 5.41) is 0. The van der Waals surface area contributed by atoms with Crippen LogP contribution in [0.1, 0.15) is 46.5 Å². The van der Waals surface area contributed by atoms with E-state index in [1.54, 1.807) is 0 Å². The molecule has 0 aromatic carbocycles. The molecule has 1 aliphatic carbocycles. The molecule has 0 heterocycles. The van der Waals surface area contributed by atoms with Crippen LogP contribution in [0, 0.1) is 11.8 Å². The highest BCUT2D eigenvalue weighted by Gasteiger charge is 2.19. The third-order valence-corrected chi connectivity index (χ3v) is 3.20. The summed E-state index contributed by atoms with van der Waals surface area (Å²) in [5.41, 5.74) is 1.34. The molecule has 1 unspecified atom stereocenters. The van der Waals surface area contributed by atoms with E-state index in [0.717, 1.165) is 25.7 Å². The van der Waals surface area contributed by atoms with E-state index in [9.17, 15) is 4.79 Å². The minimum absolute atomic E-state index is 0.175. The van der Waals surface area contributed by atoms with Gasteiger partial charge in [0.25, 0.3) is 0 Å². The first-order valence-electron chi connectivity index (χ1n) is 6.04. The van der Waals surface area contributed by atoms with Crippen molar-refractivity contribution in [3.05, 3.63) is 23.8 Å². The van der Waals surface area contributed by atoms with Crippen molar-refractivity contribution in [3.63, 3.8) is 0 Å². The highest BCUT2D eigenvalue weighted by molar-refractivity contribution is 5.83. The maximum absolute atomic E-state index is 11.9. The van der Waals surface area contributed by atoms with E-state index in [0.29, 0.717) is 5.78 Å². The van der Waals surface area contributed by atoms with Crippen molar-refractivity contribution in [3.8, 4) is 0 Å². The quantitative estimate of drug-likeness (QED) is 0.666. The Balaban J connectivity index is 2.47. The van der Waals surface area contributed by atoms with Crippen LogP contribution < -0.4 is 0 Å². The summed E-state index contributed by atoms with van der Waals surface area (Å²) in [5.74, 6) is 0.805. The van der Waals surface area contributed by atoms with Gasteiger partial charge in [-0.15, -0.1) is 0 Å². The molecule has 1 rings (SSSR count). The zero-order valence-electron chi connectivity index (χ0n) is 10.1. The summed E-state index contributed by atoms with van der Waals surface area (Å²) < 4.78 is 0. The van der Waals surface area contributed by atoms with E-state index < -0.39 is 0 Å². The maximum Gasteiger partial charge on any atom is 0.138 e. The minimum atomic E-state index is 0.175. The second-order valence-electron chi connectivity index (χ2n) is 4.58. The van der Waals surface area contributed by atoms with Gasteiger partial charge in [0.1, 0.15) is 5.78 Å². The average Bonchev–Trinajstić information content (AvgIpc) is 2.28. The average molecular weight is 206 g/mol. The molecular formula is C14H22O. The van der Waals surface area contributed by atoms with Gasteiger partial charge in [-0.05, 0) is 25.7 Å². The largest absolute Gasteiger partial charge is 0.299 e. The SMILES string of the molecule is CCC(C)C(=O)[C@@H](C)CC1=CCCC=C1. The number of carbonyl (C=O) groups is 1. The van der Waals surface area contributed by atoms with Crippen LogP contribution in [0.3, 0.4) is 0 Å². The highest BCUT2D eigenvalue weighted by Crippen LogP contribution is 2.21. The van der Waals surface area contributed by atoms with E-state index in [-0.39, 0.29) is 11.8 Å². The third kappa shape index (κ3) is 3.65. The lowest BCUT2D eigenvalue weighted by Crippen LogP contribution is -2.19. The van der Waals surface area contributed by atoms with Crippen LogP contribution in [0.25, 0.3) is 0 Å². The summed E-state index contributed by atoms with van der Waals surface area (Å²) in [4.78, 5) is 11.9. The van der Waals surface area contributed by atoms with Gasteiger partial charge in [-0.1, -0.05) is 44.6 Å². The molecule has 0 saturated heterocycles. The van der Waals surface area contributed by atoms with Crippen molar-refractivity contribution in [1.29, 1.82) is 0 Å². The van der Waals surface area contributed by atoms with Crippen LogP contribution in [-0.4, -0.2) is 5.78 Å². The maximum atomic E-state index is 11.9. The van der Waals surface area contributed by atoms with E-state index in [2.05, 4.69) is 32.1 Å². The van der Waals surface area contributed by atoms with Crippen molar-refractivity contribution in [2.24, 2.45) is 11.8 Å². The summed E-state index contributed by atoms with van der Waals surface area (Å²) in [6.07, 6.45) is 10.8. The molecule has 0 N–H and O–H groups in total. The summed E-state index contributed by atoms with van der Waals surface area (Å²) in [6.45, 7) is 6.16. The third-order valence-electron chi connectivity index (χ3n) is 3.20. The molecular weight excluding hydrogens is 184 g/mol. The molecule has 0 aliphatic heterocycles. The number of carbonyl (C=O) groups excluding carboxylic acids is 1. The lowest BCUT2D eigenvalue weighted by Gasteiger charge is -2.16. The summed E-state index contributed by atoms with van der Waals surface area (Å²) in [7, 11) is 0. The van der Waals surface area contributed by atoms with Gasteiger partial charge >= 0.3 is 0 Å². The van der Waals surface area contributed by atoms with Gasteiger partial charge in [0, 0.05) is 11.8 Å². The standard InChI is InChI=1S/C14H22O/c1-4-11(2)14(15)12(3)10-13-8-6-5-7-9-13/h6,8-9,11-12H,4-5,7,10H2,1-3H3/t11?,12-/m0/s1. The van der Waals surface area contributed by atoms with Crippen molar-refractivity contribution in [2.75, 3.05) is 0 Å². The predicted octanol–water partition coefficient (Wildman–Crippen LogP) is 3.90. The first-order chi connectivity index (χ1) is 7.15. The van der Waals surface area contributed by atoms with Crippen LogP contribution in [0.15, 0.2) is 23.8 Å². The number of ketones is 1. The van der Waals surface area contributed by atoms with Crippen LogP contribution >= 0.6 is 0 Å². The van der Waals surface area contributed by atoms with E-state index in [1.165, 1.54) is 5.57 Å². The Morgan fingerprint density at radius 2 is 2.07 bits per heavy atom. The van der Waals surface area contributed by atoms with Crippen molar-refractivity contribution in [2.45, 2.75) is 46.5 Å². The second kappa shape index (κ2) is 5.89. The Kier molecular flexibility index (Phi) is 4.80. The first-order valence-corrected chi connectivity index (χ1v) is 6.04. The number of hydrogen-bond acceptors (Lipinski definition) is 1. The molecule has 0 radical (unpaired) electrons.